The van der Waals surface area contributed by atoms with E-state index in [1.807, 2.05) is 0 Å². The highest BCUT2D eigenvalue weighted by Gasteiger charge is 2.12. The van der Waals surface area contributed by atoms with Gasteiger partial charge in [0.1, 0.15) is 0 Å². The fourth-order valence-electron chi connectivity index (χ4n) is 4.74. The summed E-state index contributed by atoms with van der Waals surface area (Å²) in [6.45, 7) is 8.84. The van der Waals surface area contributed by atoms with Gasteiger partial charge in [-0.15, -0.1) is 0 Å². The molecule has 0 saturated heterocycles. The van der Waals surface area contributed by atoms with Gasteiger partial charge in [0.25, 0.3) is 0 Å². The molecule has 0 rings (SSSR count). The molecule has 0 saturated carbocycles. The van der Waals surface area contributed by atoms with E-state index in [1.165, 1.54) is 141 Å². The molecule has 1 heteroatoms. The molecule has 0 aromatic heterocycles. The van der Waals surface area contributed by atoms with Crippen molar-refractivity contribution < 1.29 is 4.74 Å². The first-order valence-electron chi connectivity index (χ1n) is 15.2. The molecule has 0 aromatic rings. The van der Waals surface area contributed by atoms with Crippen LogP contribution in [-0.2, 0) is 4.74 Å². The van der Waals surface area contributed by atoms with Crippen molar-refractivity contribution in [2.75, 3.05) is 0 Å². The Bertz CT molecular complexity index is 373. The van der Waals surface area contributed by atoms with Crippen LogP contribution >= 0.6 is 0 Å². The average molecular weight is 463 g/mol. The molecule has 2 unspecified atom stereocenters. The van der Waals surface area contributed by atoms with Crippen molar-refractivity contribution >= 4 is 0 Å². The molecule has 196 valence electrons. The van der Waals surface area contributed by atoms with Gasteiger partial charge in [0, 0.05) is 0 Å². The Kier molecular flexibility index (Phi) is 27.2. The second-order valence-electron chi connectivity index (χ2n) is 10.2. The second-order valence-corrected chi connectivity index (χ2v) is 10.2. The first kappa shape index (κ1) is 32.4. The Morgan fingerprint density at radius 2 is 0.697 bits per heavy atom. The summed E-state index contributed by atoms with van der Waals surface area (Å²) in [4.78, 5) is 0. The largest absolute Gasteiger partial charge is 0.367 e. The molecule has 0 aliphatic heterocycles. The van der Waals surface area contributed by atoms with Crippen molar-refractivity contribution in [2.45, 2.75) is 181 Å². The van der Waals surface area contributed by atoms with Gasteiger partial charge in [0.05, 0.1) is 12.2 Å². The van der Waals surface area contributed by atoms with Gasteiger partial charge in [-0.25, -0.2) is 0 Å². The number of unbranched alkanes of at least 4 members (excludes halogenated alkanes) is 18. The maximum absolute atomic E-state index is 6.52. The molecule has 0 amide bonds. The summed E-state index contributed by atoms with van der Waals surface area (Å²) in [5.41, 5.74) is 0. The van der Waals surface area contributed by atoms with Crippen LogP contribution in [0.2, 0.25) is 0 Å². The third-order valence-electron chi connectivity index (χ3n) is 6.85. The molecule has 0 fully saturated rings. The molecule has 0 bridgehead atoms. The fourth-order valence-corrected chi connectivity index (χ4v) is 4.74. The third-order valence-corrected chi connectivity index (χ3v) is 6.85. The Hall–Kier alpha value is -0.560. The molecular formula is C32H62O. The second kappa shape index (κ2) is 27.7. The Morgan fingerprint density at radius 1 is 0.424 bits per heavy atom. The van der Waals surface area contributed by atoms with Crippen molar-refractivity contribution in [3.05, 3.63) is 24.3 Å². The maximum Gasteiger partial charge on any atom is 0.0763 e. The van der Waals surface area contributed by atoms with Gasteiger partial charge in [0.15, 0.2) is 0 Å². The summed E-state index contributed by atoms with van der Waals surface area (Å²) in [5, 5.41) is 0. The lowest BCUT2D eigenvalue weighted by Gasteiger charge is -2.21. The summed E-state index contributed by atoms with van der Waals surface area (Å²) < 4.78 is 6.52. The molecule has 2 atom stereocenters. The molecule has 0 spiro atoms. The van der Waals surface area contributed by atoms with Gasteiger partial charge in [-0.05, 0) is 26.7 Å². The topological polar surface area (TPSA) is 9.23 Å². The number of hydrogen-bond acceptors (Lipinski definition) is 1. The standard InChI is InChI=1S/C32H62O/c1-5-9-11-13-15-17-19-21-23-25-29-31(27-7-3)33-32(28-8-4)30-26-24-22-20-18-16-14-12-10-6-2/h7-8,27-28,31-32H,5-6,9-26,29-30H2,1-4H3. The van der Waals surface area contributed by atoms with Gasteiger partial charge >= 0.3 is 0 Å². The fraction of sp³-hybridized carbons (Fsp3) is 0.875. The predicted octanol–water partition coefficient (Wildman–Crippen LogP) is 11.5. The van der Waals surface area contributed by atoms with Crippen LogP contribution < -0.4 is 0 Å². The minimum Gasteiger partial charge on any atom is -0.367 e. The minimum atomic E-state index is 0.286. The molecule has 0 radical (unpaired) electrons. The molecule has 0 aliphatic carbocycles. The Balaban J connectivity index is 3.90. The molecule has 33 heavy (non-hydrogen) atoms. The van der Waals surface area contributed by atoms with Crippen LogP contribution in [0.25, 0.3) is 0 Å². The summed E-state index contributed by atoms with van der Waals surface area (Å²) in [6.07, 6.45) is 39.8. The first-order valence-corrected chi connectivity index (χ1v) is 15.2. The summed E-state index contributed by atoms with van der Waals surface area (Å²) in [7, 11) is 0. The highest BCUT2D eigenvalue weighted by atomic mass is 16.5. The van der Waals surface area contributed by atoms with Gasteiger partial charge in [-0.2, -0.15) is 0 Å². The van der Waals surface area contributed by atoms with Crippen LogP contribution in [0.3, 0.4) is 0 Å². The summed E-state index contributed by atoms with van der Waals surface area (Å²) in [6, 6.07) is 0. The van der Waals surface area contributed by atoms with Gasteiger partial charge in [-0.3, -0.25) is 0 Å². The molecule has 1 nitrogen and oxygen atoms in total. The average Bonchev–Trinajstić information content (AvgIpc) is 2.81. The van der Waals surface area contributed by atoms with Crippen LogP contribution in [0.15, 0.2) is 24.3 Å². The zero-order valence-corrected chi connectivity index (χ0v) is 23.4. The zero-order valence-electron chi connectivity index (χ0n) is 23.4. The van der Waals surface area contributed by atoms with E-state index in [0.29, 0.717) is 0 Å². The van der Waals surface area contributed by atoms with Crippen molar-refractivity contribution in [3.8, 4) is 0 Å². The van der Waals surface area contributed by atoms with Crippen molar-refractivity contribution in [1.82, 2.24) is 0 Å². The number of rotatable bonds is 26. The number of ether oxygens (including phenoxy) is 1. The van der Waals surface area contributed by atoms with E-state index in [4.69, 9.17) is 4.74 Å². The maximum atomic E-state index is 6.52. The van der Waals surface area contributed by atoms with Crippen molar-refractivity contribution in [1.29, 1.82) is 0 Å². The lowest BCUT2D eigenvalue weighted by molar-refractivity contribution is 0.0294. The quantitative estimate of drug-likeness (QED) is 0.0917. The molecule has 0 aliphatic rings. The normalized spacial score (nSPS) is 13.9. The third kappa shape index (κ3) is 24.4. The monoisotopic (exact) mass is 462 g/mol. The number of allylic oxidation sites excluding steroid dienone is 2. The van der Waals surface area contributed by atoms with E-state index < -0.39 is 0 Å². The molecule has 0 heterocycles. The van der Waals surface area contributed by atoms with E-state index in [9.17, 15) is 0 Å². The Labute approximate surface area is 210 Å². The predicted molar refractivity (Wildman–Crippen MR) is 151 cm³/mol. The summed E-state index contributed by atoms with van der Waals surface area (Å²) >= 11 is 0. The van der Waals surface area contributed by atoms with Gasteiger partial charge < -0.3 is 4.74 Å². The van der Waals surface area contributed by atoms with Crippen molar-refractivity contribution in [3.63, 3.8) is 0 Å². The van der Waals surface area contributed by atoms with E-state index in [1.54, 1.807) is 0 Å². The van der Waals surface area contributed by atoms with Crippen LogP contribution in [0.4, 0.5) is 0 Å². The van der Waals surface area contributed by atoms with E-state index in [0.717, 1.165) is 0 Å². The van der Waals surface area contributed by atoms with Crippen molar-refractivity contribution in [2.24, 2.45) is 0 Å². The Morgan fingerprint density at radius 3 is 0.970 bits per heavy atom. The zero-order chi connectivity index (χ0) is 24.2. The van der Waals surface area contributed by atoms with E-state index in [2.05, 4.69) is 52.0 Å². The van der Waals surface area contributed by atoms with Gasteiger partial charge in [-0.1, -0.05) is 167 Å². The summed E-state index contributed by atoms with van der Waals surface area (Å²) in [5.74, 6) is 0. The lowest BCUT2D eigenvalue weighted by Crippen LogP contribution is -2.19. The smallest absolute Gasteiger partial charge is 0.0763 e. The van der Waals surface area contributed by atoms with Crippen LogP contribution in [-0.4, -0.2) is 12.2 Å². The van der Waals surface area contributed by atoms with E-state index in [-0.39, 0.29) is 12.2 Å². The number of hydrogen-bond donors (Lipinski definition) is 0. The van der Waals surface area contributed by atoms with Gasteiger partial charge in [0.2, 0.25) is 0 Å². The lowest BCUT2D eigenvalue weighted by atomic mass is 10.0. The molecule has 0 aromatic carbocycles. The van der Waals surface area contributed by atoms with Crippen LogP contribution in [0.5, 0.6) is 0 Å². The highest BCUT2D eigenvalue weighted by molar-refractivity contribution is 4.92. The first-order chi connectivity index (χ1) is 16.3. The molecular weight excluding hydrogens is 400 g/mol. The van der Waals surface area contributed by atoms with E-state index >= 15 is 0 Å². The van der Waals surface area contributed by atoms with Crippen LogP contribution in [0.1, 0.15) is 169 Å². The SMILES string of the molecule is CC=CC(CCCCCCCCCCCC)OC(C=CC)CCCCCCCCCCCC. The molecule has 0 N–H and O–H groups in total. The van der Waals surface area contributed by atoms with Crippen LogP contribution in [0, 0.1) is 0 Å². The highest BCUT2D eigenvalue weighted by Crippen LogP contribution is 2.18. The minimum absolute atomic E-state index is 0.286.